The molecule has 2 heterocycles. The summed E-state index contributed by atoms with van der Waals surface area (Å²) < 4.78 is 6.35. The molecule has 1 aliphatic carbocycles. The number of benzene rings is 2. The van der Waals surface area contributed by atoms with Crippen molar-refractivity contribution in [3.63, 3.8) is 0 Å². The molecule has 1 aliphatic heterocycles. The molecule has 2 aliphatic rings. The lowest BCUT2D eigenvalue weighted by Gasteiger charge is -2.29. The van der Waals surface area contributed by atoms with Crippen LogP contribution in [0.1, 0.15) is 35.2 Å². The number of thiophene rings is 1. The monoisotopic (exact) mass is 480 g/mol. The SMILES string of the molecule is COc1ccc(C2CC(=O)C3=C(C2)Nc2ccccc2NC3c2ccc(Br)s2)cc1. The molecule has 0 saturated carbocycles. The van der Waals surface area contributed by atoms with Crippen molar-refractivity contribution in [3.05, 3.63) is 86.2 Å². The average Bonchev–Trinajstić information content (AvgIpc) is 3.11. The molecule has 0 spiro atoms. The minimum atomic E-state index is -0.156. The molecule has 3 aromatic rings. The van der Waals surface area contributed by atoms with Gasteiger partial charge in [0.05, 0.1) is 28.3 Å². The van der Waals surface area contributed by atoms with Gasteiger partial charge in [-0.3, -0.25) is 4.79 Å². The molecule has 2 N–H and O–H groups in total. The van der Waals surface area contributed by atoms with Crippen LogP contribution in [0.4, 0.5) is 11.4 Å². The summed E-state index contributed by atoms with van der Waals surface area (Å²) in [7, 11) is 1.67. The molecular weight excluding hydrogens is 460 g/mol. The summed E-state index contributed by atoms with van der Waals surface area (Å²) in [6, 6.07) is 20.2. The van der Waals surface area contributed by atoms with Crippen LogP contribution in [-0.2, 0) is 4.79 Å². The highest BCUT2D eigenvalue weighted by atomic mass is 79.9. The van der Waals surface area contributed by atoms with Gasteiger partial charge in [0.25, 0.3) is 0 Å². The van der Waals surface area contributed by atoms with Gasteiger partial charge in [0, 0.05) is 22.6 Å². The molecule has 0 amide bonds. The molecular formula is C24H21BrN2O2S. The quantitative estimate of drug-likeness (QED) is 0.449. The van der Waals surface area contributed by atoms with Gasteiger partial charge in [-0.25, -0.2) is 0 Å². The van der Waals surface area contributed by atoms with E-state index in [1.807, 2.05) is 30.3 Å². The van der Waals surface area contributed by atoms with Gasteiger partial charge in [0.15, 0.2) is 5.78 Å². The van der Waals surface area contributed by atoms with Crippen LogP contribution in [0.3, 0.4) is 0 Å². The van der Waals surface area contributed by atoms with Crippen molar-refractivity contribution in [2.45, 2.75) is 24.8 Å². The molecule has 0 radical (unpaired) electrons. The smallest absolute Gasteiger partial charge is 0.163 e. The number of nitrogens with one attached hydrogen (secondary N) is 2. The highest BCUT2D eigenvalue weighted by Gasteiger charge is 2.36. The lowest BCUT2D eigenvalue weighted by Crippen LogP contribution is -2.26. The number of allylic oxidation sites excluding steroid dienone is 1. The van der Waals surface area contributed by atoms with Crippen molar-refractivity contribution in [2.75, 3.05) is 17.7 Å². The number of hydrogen-bond acceptors (Lipinski definition) is 5. The first-order valence-corrected chi connectivity index (χ1v) is 11.5. The van der Waals surface area contributed by atoms with Crippen molar-refractivity contribution in [3.8, 4) is 5.75 Å². The first-order chi connectivity index (χ1) is 14.6. The van der Waals surface area contributed by atoms with E-state index in [1.54, 1.807) is 18.4 Å². The molecule has 0 fully saturated rings. The number of para-hydroxylation sites is 2. The largest absolute Gasteiger partial charge is 0.497 e. The van der Waals surface area contributed by atoms with Crippen LogP contribution >= 0.6 is 27.3 Å². The number of ketones is 1. The summed E-state index contributed by atoms with van der Waals surface area (Å²) in [6.07, 6.45) is 1.31. The van der Waals surface area contributed by atoms with Crippen molar-refractivity contribution >= 4 is 44.4 Å². The maximum atomic E-state index is 13.5. The van der Waals surface area contributed by atoms with E-state index in [0.717, 1.165) is 43.5 Å². The van der Waals surface area contributed by atoms with Gasteiger partial charge in [-0.1, -0.05) is 24.3 Å². The van der Waals surface area contributed by atoms with Crippen molar-refractivity contribution in [1.29, 1.82) is 0 Å². The number of Topliss-reactive ketones (excluding diaryl/α,β-unsaturated/α-hetero) is 1. The fourth-order valence-electron chi connectivity index (χ4n) is 4.30. The van der Waals surface area contributed by atoms with Crippen LogP contribution in [0.25, 0.3) is 0 Å². The summed E-state index contributed by atoms with van der Waals surface area (Å²) in [4.78, 5) is 14.6. The first-order valence-electron chi connectivity index (χ1n) is 9.90. The van der Waals surface area contributed by atoms with Gasteiger partial charge in [-0.05, 0) is 70.2 Å². The van der Waals surface area contributed by atoms with Gasteiger partial charge >= 0.3 is 0 Å². The number of carbonyl (C=O) groups excluding carboxylic acids is 1. The third kappa shape index (κ3) is 3.55. The summed E-state index contributed by atoms with van der Waals surface area (Å²) in [5.74, 6) is 1.17. The maximum Gasteiger partial charge on any atom is 0.163 e. The van der Waals surface area contributed by atoms with Crippen LogP contribution in [0, 0.1) is 0 Å². The minimum Gasteiger partial charge on any atom is -0.497 e. The van der Waals surface area contributed by atoms with E-state index in [2.05, 4.69) is 56.9 Å². The number of anilines is 2. The second kappa shape index (κ2) is 7.93. The zero-order chi connectivity index (χ0) is 20.7. The standard InChI is InChI=1S/C24H21BrN2O2S/c1-29-16-8-6-14(7-9-16)15-12-19-23(20(28)13-15)24(21-10-11-22(25)30-21)27-18-5-3-2-4-17(18)26-19/h2-11,15,24,26-27H,12-13H2,1H3. The second-order valence-electron chi connectivity index (χ2n) is 7.58. The van der Waals surface area contributed by atoms with Gasteiger partial charge in [0.2, 0.25) is 0 Å². The molecule has 152 valence electrons. The normalized spacial score (nSPS) is 20.5. The number of hydrogen-bond donors (Lipinski definition) is 2. The number of halogens is 1. The van der Waals surface area contributed by atoms with E-state index >= 15 is 0 Å². The van der Waals surface area contributed by atoms with E-state index in [9.17, 15) is 4.79 Å². The zero-order valence-electron chi connectivity index (χ0n) is 16.4. The lowest BCUT2D eigenvalue weighted by molar-refractivity contribution is -0.116. The molecule has 2 aromatic carbocycles. The van der Waals surface area contributed by atoms with E-state index in [0.29, 0.717) is 6.42 Å². The highest BCUT2D eigenvalue weighted by molar-refractivity contribution is 9.11. The predicted octanol–water partition coefficient (Wildman–Crippen LogP) is 6.50. The van der Waals surface area contributed by atoms with Crippen molar-refractivity contribution in [2.24, 2.45) is 0 Å². The molecule has 2 unspecified atom stereocenters. The molecule has 6 heteroatoms. The van der Waals surface area contributed by atoms with Crippen LogP contribution in [0.5, 0.6) is 5.75 Å². The average molecular weight is 481 g/mol. The topological polar surface area (TPSA) is 50.4 Å². The Bertz CT molecular complexity index is 1140. The Labute approximate surface area is 188 Å². The Morgan fingerprint density at radius 3 is 2.47 bits per heavy atom. The van der Waals surface area contributed by atoms with Crippen LogP contribution < -0.4 is 15.4 Å². The molecule has 0 bridgehead atoms. The Hall–Kier alpha value is -2.57. The van der Waals surface area contributed by atoms with E-state index in [1.165, 1.54) is 5.56 Å². The van der Waals surface area contributed by atoms with Crippen molar-refractivity contribution < 1.29 is 9.53 Å². The van der Waals surface area contributed by atoms with E-state index < -0.39 is 0 Å². The van der Waals surface area contributed by atoms with Gasteiger partial charge in [0.1, 0.15) is 5.75 Å². The Balaban J connectivity index is 1.57. The Morgan fingerprint density at radius 2 is 1.77 bits per heavy atom. The number of carbonyl (C=O) groups is 1. The third-order valence-electron chi connectivity index (χ3n) is 5.77. The number of fused-ring (bicyclic) bond motifs is 1. The molecule has 0 saturated heterocycles. The maximum absolute atomic E-state index is 13.5. The molecule has 30 heavy (non-hydrogen) atoms. The lowest BCUT2D eigenvalue weighted by atomic mass is 9.79. The minimum absolute atomic E-state index is 0.149. The Morgan fingerprint density at radius 1 is 1.00 bits per heavy atom. The van der Waals surface area contributed by atoms with Crippen LogP contribution in [0.15, 0.2) is 75.7 Å². The summed E-state index contributed by atoms with van der Waals surface area (Å²) in [6.45, 7) is 0. The molecule has 1 aromatic heterocycles. The molecule has 2 atom stereocenters. The molecule has 5 rings (SSSR count). The van der Waals surface area contributed by atoms with Crippen molar-refractivity contribution in [1.82, 2.24) is 0 Å². The van der Waals surface area contributed by atoms with Gasteiger partial charge < -0.3 is 15.4 Å². The summed E-state index contributed by atoms with van der Waals surface area (Å²) in [5.41, 5.74) is 5.05. The third-order valence-corrected chi connectivity index (χ3v) is 7.46. The van der Waals surface area contributed by atoms with Gasteiger partial charge in [-0.2, -0.15) is 0 Å². The van der Waals surface area contributed by atoms with E-state index in [-0.39, 0.29) is 17.7 Å². The van der Waals surface area contributed by atoms with Crippen LogP contribution in [-0.4, -0.2) is 12.9 Å². The fraction of sp³-hybridized carbons (Fsp3) is 0.208. The predicted molar refractivity (Wildman–Crippen MR) is 125 cm³/mol. The second-order valence-corrected chi connectivity index (χ2v) is 10.1. The molecule has 4 nitrogen and oxygen atoms in total. The van der Waals surface area contributed by atoms with Crippen LogP contribution in [0.2, 0.25) is 0 Å². The Kier molecular flexibility index (Phi) is 5.13. The highest BCUT2D eigenvalue weighted by Crippen LogP contribution is 2.45. The fourth-order valence-corrected chi connectivity index (χ4v) is 5.79. The number of ether oxygens (including phenoxy) is 1. The number of methoxy groups -OCH3 is 1. The zero-order valence-corrected chi connectivity index (χ0v) is 18.8. The summed E-state index contributed by atoms with van der Waals surface area (Å²) >= 11 is 5.23. The van der Waals surface area contributed by atoms with Gasteiger partial charge in [-0.15, -0.1) is 11.3 Å². The summed E-state index contributed by atoms with van der Waals surface area (Å²) in [5, 5.41) is 7.21. The van der Waals surface area contributed by atoms with E-state index in [4.69, 9.17) is 4.74 Å². The first kappa shape index (κ1) is 19.4. The number of rotatable bonds is 3.